The van der Waals surface area contributed by atoms with Crippen LogP contribution in [-0.2, 0) is 4.84 Å². The van der Waals surface area contributed by atoms with Gasteiger partial charge in [0.2, 0.25) is 0 Å². The summed E-state index contributed by atoms with van der Waals surface area (Å²) in [6.45, 7) is 5.63. The predicted octanol–water partition coefficient (Wildman–Crippen LogP) is 3.52. The maximum absolute atomic E-state index is 14.5. The summed E-state index contributed by atoms with van der Waals surface area (Å²) < 4.78 is 35.6. The Kier molecular flexibility index (Phi) is 5.53. The third-order valence-electron chi connectivity index (χ3n) is 4.70. The number of aromatic nitrogens is 5. The molecular weight excluding hydrogens is 424 g/mol. The third-order valence-corrected chi connectivity index (χ3v) is 4.70. The summed E-state index contributed by atoms with van der Waals surface area (Å²) in [5.74, 6) is -1.78. The molecule has 0 fully saturated rings. The number of carbonyl (C=O) groups is 1. The average Bonchev–Trinajstić information content (AvgIpc) is 3.34. The minimum Gasteiger partial charge on any atom is -0.336 e. The maximum atomic E-state index is 14.5. The van der Waals surface area contributed by atoms with Crippen LogP contribution in [0.3, 0.4) is 0 Å². The van der Waals surface area contributed by atoms with Crippen molar-refractivity contribution in [1.29, 1.82) is 0 Å². The fourth-order valence-corrected chi connectivity index (χ4v) is 3.38. The molecule has 0 spiro atoms. The van der Waals surface area contributed by atoms with Crippen molar-refractivity contribution in [3.05, 3.63) is 53.2 Å². The van der Waals surface area contributed by atoms with Gasteiger partial charge < -0.3 is 9.84 Å². The van der Waals surface area contributed by atoms with Crippen LogP contribution in [0.5, 0.6) is 0 Å². The summed E-state index contributed by atoms with van der Waals surface area (Å²) in [6.07, 6.45) is 2.99. The standard InChI is InChI=1S/C20H19F2N7O3/c1-9(2)16-12(20-25-10(3)27-32-20)7-29-17(16)18(23-8-24-29)26-15-5-11(19(30)28-31-4)13(21)6-14(15)22/h5-9H,1-4H3,(H,28,30)(H,23,24,26). The summed E-state index contributed by atoms with van der Waals surface area (Å²) in [4.78, 5) is 25.1. The number of halogens is 2. The second-order valence-electron chi connectivity index (χ2n) is 7.23. The van der Waals surface area contributed by atoms with E-state index in [4.69, 9.17) is 4.52 Å². The first-order valence-corrected chi connectivity index (χ1v) is 9.56. The van der Waals surface area contributed by atoms with Gasteiger partial charge in [-0.1, -0.05) is 19.0 Å². The van der Waals surface area contributed by atoms with E-state index in [9.17, 15) is 13.6 Å². The van der Waals surface area contributed by atoms with E-state index >= 15 is 0 Å². The van der Waals surface area contributed by atoms with Gasteiger partial charge >= 0.3 is 0 Å². The molecule has 0 aliphatic carbocycles. The number of aryl methyl sites for hydroxylation is 1. The van der Waals surface area contributed by atoms with E-state index in [2.05, 4.69) is 30.4 Å². The van der Waals surface area contributed by atoms with E-state index in [0.717, 1.165) is 11.6 Å². The number of anilines is 2. The first-order valence-electron chi connectivity index (χ1n) is 9.56. The highest BCUT2D eigenvalue weighted by molar-refractivity contribution is 5.95. The Bertz CT molecular complexity index is 1320. The van der Waals surface area contributed by atoms with Crippen LogP contribution in [0.15, 0.2) is 29.2 Å². The monoisotopic (exact) mass is 443 g/mol. The van der Waals surface area contributed by atoms with Crippen LogP contribution in [-0.4, -0.2) is 37.8 Å². The Balaban J connectivity index is 1.85. The molecule has 166 valence electrons. The van der Waals surface area contributed by atoms with Gasteiger partial charge in [-0.2, -0.15) is 10.1 Å². The Hall–Kier alpha value is -3.93. The quantitative estimate of drug-likeness (QED) is 0.435. The number of carbonyl (C=O) groups excluding carboxylic acids is 1. The van der Waals surface area contributed by atoms with Gasteiger partial charge in [-0.15, -0.1) is 0 Å². The largest absolute Gasteiger partial charge is 0.336 e. The number of amides is 1. The lowest BCUT2D eigenvalue weighted by Gasteiger charge is -2.13. The van der Waals surface area contributed by atoms with Crippen molar-refractivity contribution in [1.82, 2.24) is 30.2 Å². The van der Waals surface area contributed by atoms with Crippen LogP contribution in [0.4, 0.5) is 20.3 Å². The molecule has 1 aromatic carbocycles. The highest BCUT2D eigenvalue weighted by Gasteiger charge is 2.24. The number of nitrogens with zero attached hydrogens (tertiary/aromatic N) is 5. The number of hydrogen-bond donors (Lipinski definition) is 2. The van der Waals surface area contributed by atoms with E-state index in [1.807, 2.05) is 19.3 Å². The maximum Gasteiger partial charge on any atom is 0.277 e. The highest BCUT2D eigenvalue weighted by Crippen LogP contribution is 2.36. The van der Waals surface area contributed by atoms with Crippen LogP contribution in [0.25, 0.3) is 17.0 Å². The van der Waals surface area contributed by atoms with Gasteiger partial charge in [-0.3, -0.25) is 9.63 Å². The fraction of sp³-hybridized carbons (Fsp3) is 0.250. The van der Waals surface area contributed by atoms with Crippen LogP contribution < -0.4 is 10.8 Å². The van der Waals surface area contributed by atoms with Crippen molar-refractivity contribution in [2.75, 3.05) is 12.4 Å². The lowest BCUT2D eigenvalue weighted by atomic mass is 10.00. The Morgan fingerprint density at radius 3 is 2.69 bits per heavy atom. The molecule has 12 heteroatoms. The molecule has 10 nitrogen and oxygen atoms in total. The molecule has 0 aliphatic heterocycles. The second kappa shape index (κ2) is 8.30. The van der Waals surface area contributed by atoms with E-state index < -0.39 is 23.1 Å². The first kappa shape index (κ1) is 21.3. The number of benzene rings is 1. The van der Waals surface area contributed by atoms with Crippen molar-refractivity contribution in [3.63, 3.8) is 0 Å². The second-order valence-corrected chi connectivity index (χ2v) is 7.23. The summed E-state index contributed by atoms with van der Waals surface area (Å²) in [5, 5.41) is 10.9. The summed E-state index contributed by atoms with van der Waals surface area (Å²) >= 11 is 0. The molecule has 32 heavy (non-hydrogen) atoms. The van der Waals surface area contributed by atoms with Gasteiger partial charge in [0.05, 0.1) is 23.9 Å². The zero-order valence-corrected chi connectivity index (χ0v) is 17.6. The molecule has 3 heterocycles. The van der Waals surface area contributed by atoms with Crippen LogP contribution in [0.1, 0.15) is 41.5 Å². The summed E-state index contributed by atoms with van der Waals surface area (Å²) in [5.41, 5.74) is 3.44. The molecule has 0 saturated carbocycles. The van der Waals surface area contributed by atoms with Crippen molar-refractivity contribution >= 4 is 22.9 Å². The molecule has 2 N–H and O–H groups in total. The summed E-state index contributed by atoms with van der Waals surface area (Å²) in [6, 6.07) is 1.65. The van der Waals surface area contributed by atoms with Crippen LogP contribution >= 0.6 is 0 Å². The molecule has 0 atom stereocenters. The van der Waals surface area contributed by atoms with Gasteiger partial charge in [0.25, 0.3) is 11.8 Å². The molecule has 1 amide bonds. The van der Waals surface area contributed by atoms with Gasteiger partial charge in [0.15, 0.2) is 11.6 Å². The normalized spacial score (nSPS) is 11.3. The van der Waals surface area contributed by atoms with E-state index in [0.29, 0.717) is 28.9 Å². The van der Waals surface area contributed by atoms with Crippen molar-refractivity contribution < 1.29 is 22.9 Å². The summed E-state index contributed by atoms with van der Waals surface area (Å²) in [7, 11) is 1.21. The molecule has 0 bridgehead atoms. The molecule has 3 aromatic heterocycles. The highest BCUT2D eigenvalue weighted by atomic mass is 19.1. The minimum atomic E-state index is -1.03. The third kappa shape index (κ3) is 3.75. The van der Waals surface area contributed by atoms with Gasteiger partial charge in [-0.25, -0.2) is 23.8 Å². The van der Waals surface area contributed by atoms with Gasteiger partial charge in [0.1, 0.15) is 23.5 Å². The van der Waals surface area contributed by atoms with Gasteiger partial charge in [-0.05, 0) is 24.5 Å². The van der Waals surface area contributed by atoms with E-state index in [1.165, 1.54) is 13.4 Å². The molecule has 4 rings (SSSR count). The number of hydrogen-bond acceptors (Lipinski definition) is 8. The van der Waals surface area contributed by atoms with Crippen molar-refractivity contribution in [2.45, 2.75) is 26.7 Å². The van der Waals surface area contributed by atoms with Crippen LogP contribution in [0, 0.1) is 18.6 Å². The van der Waals surface area contributed by atoms with Crippen molar-refractivity contribution in [3.8, 4) is 11.5 Å². The first-order chi connectivity index (χ1) is 15.3. The minimum absolute atomic E-state index is 0.0186. The Morgan fingerprint density at radius 2 is 2.03 bits per heavy atom. The predicted molar refractivity (Wildman–Crippen MR) is 109 cm³/mol. The van der Waals surface area contributed by atoms with E-state index in [1.54, 1.807) is 17.6 Å². The molecule has 4 aromatic rings. The number of fused-ring (bicyclic) bond motifs is 1. The zero-order chi connectivity index (χ0) is 23.0. The van der Waals surface area contributed by atoms with Gasteiger partial charge in [0, 0.05) is 12.3 Å². The SMILES string of the molecule is CONC(=O)c1cc(Nc2ncnn3cc(-c4nc(C)no4)c(C(C)C)c23)c(F)cc1F. The average molecular weight is 443 g/mol. The number of rotatable bonds is 6. The molecule has 0 saturated heterocycles. The van der Waals surface area contributed by atoms with Crippen molar-refractivity contribution in [2.24, 2.45) is 0 Å². The Labute approximate surface area is 180 Å². The number of nitrogens with one attached hydrogen (secondary N) is 2. The zero-order valence-electron chi connectivity index (χ0n) is 17.6. The smallest absolute Gasteiger partial charge is 0.277 e. The fourth-order valence-electron chi connectivity index (χ4n) is 3.38. The number of hydroxylamine groups is 1. The molecule has 0 aliphatic rings. The lowest BCUT2D eigenvalue weighted by Crippen LogP contribution is -2.23. The molecule has 0 radical (unpaired) electrons. The van der Waals surface area contributed by atoms with E-state index in [-0.39, 0.29) is 17.4 Å². The topological polar surface area (TPSA) is 119 Å². The Morgan fingerprint density at radius 1 is 1.25 bits per heavy atom. The molecular formula is C20H19F2N7O3. The lowest BCUT2D eigenvalue weighted by molar-refractivity contribution is 0.0533. The molecule has 0 unspecified atom stereocenters. The van der Waals surface area contributed by atoms with Crippen LogP contribution in [0.2, 0.25) is 0 Å².